The lowest BCUT2D eigenvalue weighted by Crippen LogP contribution is -2.37. The fourth-order valence-corrected chi connectivity index (χ4v) is 5.60. The van der Waals surface area contributed by atoms with Crippen molar-refractivity contribution in [3.8, 4) is 11.6 Å². The summed E-state index contributed by atoms with van der Waals surface area (Å²) in [6.45, 7) is 6.25. The molecule has 14 heteroatoms. The van der Waals surface area contributed by atoms with Gasteiger partial charge in [-0.15, -0.1) is 0 Å². The molecule has 37 heavy (non-hydrogen) atoms. The van der Waals surface area contributed by atoms with Crippen molar-refractivity contribution in [1.82, 2.24) is 24.6 Å². The molecule has 2 aromatic heterocycles. The number of nitrogen functional groups attached to an aromatic ring is 1. The number of aromatic nitrogens is 4. The van der Waals surface area contributed by atoms with Gasteiger partial charge in [0.25, 0.3) is 0 Å². The van der Waals surface area contributed by atoms with Crippen LogP contribution >= 0.6 is 7.75 Å². The fraction of sp³-hybridized carbons (Fsp3) is 0.478. The minimum atomic E-state index is -4.04. The number of methoxy groups -OCH3 is 1. The molecule has 0 radical (unpaired) electrons. The Bertz CT molecular complexity index is 1320. The second kappa shape index (κ2) is 10.3. The number of ether oxygens (including phenoxy) is 2. The highest BCUT2D eigenvalue weighted by atomic mass is 31.2. The molecule has 3 aromatic rings. The Hall–Kier alpha value is -3.09. The van der Waals surface area contributed by atoms with Gasteiger partial charge in [-0.2, -0.15) is 9.97 Å². The molecule has 0 amide bonds. The zero-order valence-corrected chi connectivity index (χ0v) is 22.1. The van der Waals surface area contributed by atoms with Gasteiger partial charge in [0, 0.05) is 5.41 Å². The van der Waals surface area contributed by atoms with E-state index >= 15 is 0 Å². The van der Waals surface area contributed by atoms with Crippen molar-refractivity contribution in [2.75, 3.05) is 19.5 Å². The van der Waals surface area contributed by atoms with Gasteiger partial charge in [0.1, 0.15) is 23.9 Å². The van der Waals surface area contributed by atoms with Crippen molar-refractivity contribution >= 4 is 30.6 Å². The zero-order chi connectivity index (χ0) is 27.0. The molecule has 5 atom stereocenters. The number of ketones is 1. The lowest BCUT2D eigenvalue weighted by Gasteiger charge is -2.29. The normalized spacial score (nSPS) is 23.5. The second-order valence-electron chi connectivity index (χ2n) is 9.37. The molecule has 1 fully saturated rings. The number of carbonyl (C=O) groups is 1. The standard InChI is InChI=1S/C23H31N6O7P/c1-13(14(2)30)28-37(32,36-15-9-7-6-8-10-15)34-11-16-18(31)23(3,4)21(35-16)29-12-25-17-19(29)26-22(24)27-20(17)33-5/h6-10,12-13,16,18,21,31H,11H2,1-5H3,(H,28,32)(H2,24,26,27). The van der Waals surface area contributed by atoms with Gasteiger partial charge < -0.3 is 24.8 Å². The number of anilines is 1. The van der Waals surface area contributed by atoms with Crippen molar-refractivity contribution in [2.24, 2.45) is 5.41 Å². The molecule has 0 spiro atoms. The predicted octanol–water partition coefficient (Wildman–Crippen LogP) is 2.47. The Morgan fingerprint density at radius 2 is 2.03 bits per heavy atom. The number of hydrogen-bond donors (Lipinski definition) is 3. The predicted molar refractivity (Wildman–Crippen MR) is 134 cm³/mol. The number of para-hydroxylation sites is 1. The van der Waals surface area contributed by atoms with Crippen LogP contribution in [0.15, 0.2) is 36.7 Å². The number of nitrogens with one attached hydrogen (secondary N) is 1. The van der Waals surface area contributed by atoms with Gasteiger partial charge in [-0.05, 0) is 26.0 Å². The first-order valence-corrected chi connectivity index (χ1v) is 13.1. The highest BCUT2D eigenvalue weighted by Crippen LogP contribution is 2.49. The molecule has 1 aliphatic heterocycles. The highest BCUT2D eigenvalue weighted by Gasteiger charge is 2.52. The maximum absolute atomic E-state index is 13.6. The molecule has 0 aliphatic carbocycles. The molecular weight excluding hydrogens is 503 g/mol. The van der Waals surface area contributed by atoms with E-state index in [0.717, 1.165) is 0 Å². The molecule has 1 saturated heterocycles. The lowest BCUT2D eigenvalue weighted by molar-refractivity contribution is -0.118. The number of fused-ring (bicyclic) bond motifs is 1. The van der Waals surface area contributed by atoms with Crippen LogP contribution in [0.1, 0.15) is 33.9 Å². The first kappa shape index (κ1) is 27.0. The number of Topliss-reactive ketones (excluding diaryl/α,β-unsaturated/α-hetero) is 1. The summed E-state index contributed by atoms with van der Waals surface area (Å²) < 4.78 is 38.0. The number of hydrogen-bond acceptors (Lipinski definition) is 11. The Kier molecular flexibility index (Phi) is 7.54. The van der Waals surface area contributed by atoms with Crippen molar-refractivity contribution in [3.63, 3.8) is 0 Å². The molecule has 1 aromatic carbocycles. The van der Waals surface area contributed by atoms with E-state index in [1.165, 1.54) is 20.4 Å². The average Bonchev–Trinajstić information content (AvgIpc) is 3.35. The zero-order valence-electron chi connectivity index (χ0n) is 21.2. The van der Waals surface area contributed by atoms with Crippen LogP contribution in [0.2, 0.25) is 0 Å². The quantitative estimate of drug-likeness (QED) is 0.325. The monoisotopic (exact) mass is 534 g/mol. The highest BCUT2D eigenvalue weighted by molar-refractivity contribution is 7.52. The fourth-order valence-electron chi connectivity index (χ4n) is 4.03. The van der Waals surface area contributed by atoms with E-state index < -0.39 is 37.6 Å². The van der Waals surface area contributed by atoms with Gasteiger partial charge >= 0.3 is 7.75 Å². The van der Waals surface area contributed by atoms with E-state index in [2.05, 4.69) is 20.0 Å². The minimum absolute atomic E-state index is 0.00741. The third kappa shape index (κ3) is 5.46. The van der Waals surface area contributed by atoms with Crippen molar-refractivity contribution in [2.45, 2.75) is 52.2 Å². The average molecular weight is 535 g/mol. The molecule has 0 bridgehead atoms. The topological polar surface area (TPSA) is 173 Å². The number of nitrogens with zero attached hydrogens (tertiary/aromatic N) is 4. The van der Waals surface area contributed by atoms with Gasteiger partial charge in [-0.1, -0.05) is 32.0 Å². The Balaban J connectivity index is 1.58. The minimum Gasteiger partial charge on any atom is -0.479 e. The van der Waals surface area contributed by atoms with E-state index in [0.29, 0.717) is 11.2 Å². The first-order chi connectivity index (χ1) is 17.4. The largest absolute Gasteiger partial charge is 0.479 e. The van der Waals surface area contributed by atoms with Gasteiger partial charge in [0.15, 0.2) is 11.2 Å². The number of nitrogens with two attached hydrogens (primary N) is 1. The van der Waals surface area contributed by atoms with Crippen LogP contribution in [0.4, 0.5) is 5.95 Å². The Morgan fingerprint density at radius 3 is 2.68 bits per heavy atom. The maximum atomic E-state index is 13.6. The SMILES string of the molecule is COc1nc(N)nc2c1ncn2C1OC(COP(=O)(NC(C)C(C)=O)Oc2ccccc2)C(O)C1(C)C. The molecule has 4 N–H and O–H groups in total. The van der Waals surface area contributed by atoms with E-state index in [-0.39, 0.29) is 30.0 Å². The third-order valence-electron chi connectivity index (χ3n) is 6.25. The van der Waals surface area contributed by atoms with Crippen LogP contribution in [0.3, 0.4) is 0 Å². The molecule has 0 saturated carbocycles. The number of rotatable bonds is 10. The van der Waals surface area contributed by atoms with Crippen LogP contribution in [0, 0.1) is 5.41 Å². The van der Waals surface area contributed by atoms with Gasteiger partial charge in [0.2, 0.25) is 11.8 Å². The summed E-state index contributed by atoms with van der Waals surface area (Å²) in [6.07, 6.45) is -1.17. The van der Waals surface area contributed by atoms with Gasteiger partial charge in [-0.25, -0.2) is 14.6 Å². The van der Waals surface area contributed by atoms with Crippen molar-refractivity contribution < 1.29 is 33.0 Å². The molecule has 5 unspecified atom stereocenters. The summed E-state index contributed by atoms with van der Waals surface area (Å²) in [7, 11) is -2.59. The van der Waals surface area contributed by atoms with Crippen LogP contribution in [-0.2, 0) is 18.6 Å². The smallest absolute Gasteiger partial charge is 0.459 e. The Morgan fingerprint density at radius 1 is 1.32 bits per heavy atom. The summed E-state index contributed by atoms with van der Waals surface area (Å²) in [5, 5.41) is 13.8. The van der Waals surface area contributed by atoms with Crippen LogP contribution in [0.25, 0.3) is 11.2 Å². The lowest BCUT2D eigenvalue weighted by atomic mass is 9.84. The van der Waals surface area contributed by atoms with E-state index in [4.69, 9.17) is 24.3 Å². The van der Waals surface area contributed by atoms with Crippen LogP contribution in [-0.4, -0.2) is 62.4 Å². The van der Waals surface area contributed by atoms with E-state index in [9.17, 15) is 14.5 Å². The molecule has 3 heterocycles. The van der Waals surface area contributed by atoms with E-state index in [1.54, 1.807) is 41.8 Å². The van der Waals surface area contributed by atoms with Crippen LogP contribution < -0.4 is 20.1 Å². The van der Waals surface area contributed by atoms with Gasteiger partial charge in [0.05, 0.1) is 32.2 Å². The van der Waals surface area contributed by atoms with Crippen LogP contribution in [0.5, 0.6) is 11.6 Å². The molecule has 200 valence electrons. The number of benzene rings is 1. The number of imidazole rings is 1. The maximum Gasteiger partial charge on any atom is 0.459 e. The van der Waals surface area contributed by atoms with Crippen molar-refractivity contribution in [3.05, 3.63) is 36.7 Å². The molecule has 4 rings (SSSR count). The summed E-state index contributed by atoms with van der Waals surface area (Å²) in [4.78, 5) is 24.5. The summed E-state index contributed by atoms with van der Waals surface area (Å²) in [5.74, 6) is 0.243. The number of aliphatic hydroxyl groups is 1. The van der Waals surface area contributed by atoms with E-state index in [1.807, 2.05) is 13.8 Å². The first-order valence-electron chi connectivity index (χ1n) is 11.6. The number of aliphatic hydroxyl groups excluding tert-OH is 1. The molecular formula is C23H31N6O7P. The number of carbonyl (C=O) groups excluding carboxylic acids is 1. The van der Waals surface area contributed by atoms with Gasteiger partial charge in [-0.3, -0.25) is 13.9 Å². The summed E-state index contributed by atoms with van der Waals surface area (Å²) in [6, 6.07) is 7.64. The molecule has 13 nitrogen and oxygen atoms in total. The summed E-state index contributed by atoms with van der Waals surface area (Å²) in [5.41, 5.74) is 5.74. The Labute approximate surface area is 213 Å². The third-order valence-corrected chi connectivity index (χ3v) is 7.89. The second-order valence-corrected chi connectivity index (χ2v) is 11.1. The summed E-state index contributed by atoms with van der Waals surface area (Å²) >= 11 is 0. The molecule has 1 aliphatic rings. The van der Waals surface area contributed by atoms with Crippen molar-refractivity contribution in [1.29, 1.82) is 0 Å².